The van der Waals surface area contributed by atoms with Crippen molar-refractivity contribution in [3.8, 4) is 5.75 Å². The molecule has 1 N–H and O–H groups in total. The molecule has 2 aliphatic rings. The number of rotatable bonds is 3. The van der Waals surface area contributed by atoms with Crippen LogP contribution in [-0.2, 0) is 5.41 Å². The van der Waals surface area contributed by atoms with Gasteiger partial charge in [0.25, 0.3) is 0 Å². The lowest BCUT2D eigenvalue weighted by Gasteiger charge is -2.55. The van der Waals surface area contributed by atoms with Crippen LogP contribution in [0.5, 0.6) is 5.75 Å². The molecule has 1 saturated heterocycles. The predicted octanol–water partition coefficient (Wildman–Crippen LogP) is 5.81. The molecule has 1 saturated carbocycles. The Hall–Kier alpha value is -1.80. The molecule has 1 heterocycles. The van der Waals surface area contributed by atoms with Crippen LogP contribution in [0.2, 0.25) is 0 Å². The van der Waals surface area contributed by atoms with E-state index in [9.17, 15) is 5.11 Å². The molecule has 1 aliphatic carbocycles. The van der Waals surface area contributed by atoms with Gasteiger partial charge in [0.05, 0.1) is 19.6 Å². The van der Waals surface area contributed by atoms with Gasteiger partial charge in [-0.15, -0.1) is 0 Å². The summed E-state index contributed by atoms with van der Waals surface area (Å²) in [5.41, 5.74) is 4.42. The highest BCUT2D eigenvalue weighted by Gasteiger charge is 2.52. The van der Waals surface area contributed by atoms with Gasteiger partial charge in [0, 0.05) is 17.8 Å². The van der Waals surface area contributed by atoms with Crippen LogP contribution in [0.25, 0.3) is 0 Å². The first-order valence-electron chi connectivity index (χ1n) is 10.7. The number of piperidine rings is 1. The van der Waals surface area contributed by atoms with E-state index in [2.05, 4.69) is 51.1 Å². The first-order valence-corrected chi connectivity index (χ1v) is 10.7. The number of fused-ring (bicyclic) bond motifs is 1. The van der Waals surface area contributed by atoms with Crippen LogP contribution in [0, 0.1) is 18.8 Å². The molecule has 2 unspecified atom stereocenters. The summed E-state index contributed by atoms with van der Waals surface area (Å²) in [5, 5.41) is 10.1. The number of aryl methyl sites for hydroxylation is 1. The highest BCUT2D eigenvalue weighted by Crippen LogP contribution is 2.53. The quantitative estimate of drug-likeness (QED) is 0.682. The number of phenols is 1. The molecular weight excluding hydrogens is 330 g/mol. The van der Waals surface area contributed by atoms with E-state index in [4.69, 9.17) is 0 Å². The summed E-state index contributed by atoms with van der Waals surface area (Å²) in [6.07, 6.45) is 5.12. The van der Waals surface area contributed by atoms with Gasteiger partial charge < -0.3 is 5.11 Å². The van der Waals surface area contributed by atoms with Crippen LogP contribution in [0.3, 0.4) is 0 Å². The van der Waals surface area contributed by atoms with Crippen LogP contribution in [0.15, 0.2) is 48.5 Å². The number of quaternary nitrogens is 1. The molecule has 144 valence electrons. The lowest BCUT2D eigenvalue weighted by molar-refractivity contribution is 0.0436. The zero-order valence-corrected chi connectivity index (χ0v) is 17.1. The van der Waals surface area contributed by atoms with Crippen molar-refractivity contribution >= 4 is 5.69 Å². The summed E-state index contributed by atoms with van der Waals surface area (Å²) >= 11 is 0. The highest BCUT2D eigenvalue weighted by molar-refractivity contribution is 5.46. The molecule has 4 atom stereocenters. The average Bonchev–Trinajstić information content (AvgIpc) is 2.68. The molecule has 0 bridgehead atoms. The number of phenolic OH excluding ortho intramolecular Hbond substituents is 1. The van der Waals surface area contributed by atoms with Crippen molar-refractivity contribution in [3.05, 3.63) is 59.7 Å². The van der Waals surface area contributed by atoms with Crippen LogP contribution in [0.4, 0.5) is 5.69 Å². The zero-order chi connectivity index (χ0) is 19.1. The third-order valence-corrected chi connectivity index (χ3v) is 7.67. The van der Waals surface area contributed by atoms with Crippen molar-refractivity contribution in [1.29, 1.82) is 0 Å². The summed E-state index contributed by atoms with van der Waals surface area (Å²) in [5.74, 6) is 1.87. The van der Waals surface area contributed by atoms with Crippen LogP contribution in [-0.4, -0.2) is 24.7 Å². The number of hydrogen-bond acceptors (Lipinski definition) is 1. The van der Waals surface area contributed by atoms with Gasteiger partial charge in [-0.3, -0.25) is 4.48 Å². The SMILES string of the molecule is CC[N@+]1(c2ccc(C)cc2)CC[C@@]2(c3cccc(O)c3)CC(C)CCC2C1. The molecular formula is C25H34NO+. The minimum atomic E-state index is 0.234. The van der Waals surface area contributed by atoms with Gasteiger partial charge in [0.1, 0.15) is 11.4 Å². The third-order valence-electron chi connectivity index (χ3n) is 7.67. The average molecular weight is 365 g/mol. The summed E-state index contributed by atoms with van der Waals surface area (Å²) < 4.78 is 1.11. The standard InChI is InChI=1S/C25H33NO/c1-4-26(23-12-9-19(2)10-13-23)15-14-25(21-6-5-7-24(27)16-21)17-20(3)8-11-22(25)18-26/h5-7,9-10,12-13,16,20,22H,4,8,11,14-15,17-18H2,1-3H3/p+1/t20?,22?,25-,26-/m0/s1. The molecule has 2 fully saturated rings. The Bertz CT molecular complexity index is 798. The number of benzene rings is 2. The molecule has 2 heteroatoms. The van der Waals surface area contributed by atoms with Crippen LogP contribution >= 0.6 is 0 Å². The minimum absolute atomic E-state index is 0.234. The number of hydrogen-bond donors (Lipinski definition) is 1. The van der Waals surface area contributed by atoms with Gasteiger partial charge >= 0.3 is 0 Å². The molecule has 2 nitrogen and oxygen atoms in total. The number of nitrogens with zero attached hydrogens (tertiary/aromatic N) is 1. The topological polar surface area (TPSA) is 20.2 Å². The molecule has 0 amide bonds. The van der Waals surface area contributed by atoms with Gasteiger partial charge in [-0.05, 0) is 62.4 Å². The monoisotopic (exact) mass is 364 g/mol. The Balaban J connectivity index is 1.73. The van der Waals surface area contributed by atoms with E-state index in [1.165, 1.54) is 55.6 Å². The second-order valence-corrected chi connectivity index (χ2v) is 9.24. The lowest BCUT2D eigenvalue weighted by Crippen LogP contribution is -2.63. The first-order chi connectivity index (χ1) is 13.0. The zero-order valence-electron chi connectivity index (χ0n) is 17.1. The molecule has 27 heavy (non-hydrogen) atoms. The first kappa shape index (κ1) is 18.6. The van der Waals surface area contributed by atoms with Crippen molar-refractivity contribution in [2.24, 2.45) is 11.8 Å². The molecule has 1 aliphatic heterocycles. The van der Waals surface area contributed by atoms with E-state index >= 15 is 0 Å². The van der Waals surface area contributed by atoms with E-state index in [0.717, 1.165) is 16.9 Å². The van der Waals surface area contributed by atoms with Gasteiger partial charge in [-0.25, -0.2) is 0 Å². The fraction of sp³-hybridized carbons (Fsp3) is 0.520. The molecule has 2 aromatic rings. The Labute approximate surface area is 164 Å². The predicted molar refractivity (Wildman–Crippen MR) is 114 cm³/mol. The molecule has 0 spiro atoms. The van der Waals surface area contributed by atoms with E-state index in [1.807, 2.05) is 18.2 Å². The Morgan fingerprint density at radius 3 is 2.59 bits per heavy atom. The van der Waals surface area contributed by atoms with Crippen LogP contribution in [0.1, 0.15) is 50.7 Å². The van der Waals surface area contributed by atoms with Crippen molar-refractivity contribution in [1.82, 2.24) is 4.48 Å². The number of likely N-dealkylation sites (tertiary alicyclic amines) is 1. The highest BCUT2D eigenvalue weighted by atomic mass is 16.3. The van der Waals surface area contributed by atoms with Crippen LogP contribution < -0.4 is 4.48 Å². The van der Waals surface area contributed by atoms with E-state index in [0.29, 0.717) is 11.7 Å². The van der Waals surface area contributed by atoms with Crippen molar-refractivity contribution in [2.45, 2.75) is 51.9 Å². The molecule has 0 aromatic heterocycles. The van der Waals surface area contributed by atoms with Gasteiger partial charge in [0.15, 0.2) is 0 Å². The van der Waals surface area contributed by atoms with Crippen molar-refractivity contribution < 1.29 is 5.11 Å². The second kappa shape index (κ2) is 6.98. The van der Waals surface area contributed by atoms with Gasteiger partial charge in [-0.2, -0.15) is 0 Å². The summed E-state index contributed by atoms with van der Waals surface area (Å²) in [6.45, 7) is 10.5. The Morgan fingerprint density at radius 2 is 1.89 bits per heavy atom. The van der Waals surface area contributed by atoms with Gasteiger partial charge in [-0.1, -0.05) is 43.2 Å². The summed E-state index contributed by atoms with van der Waals surface area (Å²) in [7, 11) is 0. The largest absolute Gasteiger partial charge is 0.508 e. The fourth-order valence-corrected chi connectivity index (χ4v) is 6.03. The smallest absolute Gasteiger partial charge is 0.132 e. The maximum absolute atomic E-state index is 10.1. The molecule has 2 aromatic carbocycles. The third kappa shape index (κ3) is 3.18. The normalized spacial score (nSPS) is 33.4. The van der Waals surface area contributed by atoms with Gasteiger partial charge in [0.2, 0.25) is 0 Å². The maximum Gasteiger partial charge on any atom is 0.132 e. The maximum atomic E-state index is 10.1. The lowest BCUT2D eigenvalue weighted by atomic mass is 9.56. The fourth-order valence-electron chi connectivity index (χ4n) is 6.03. The Morgan fingerprint density at radius 1 is 1.11 bits per heavy atom. The summed E-state index contributed by atoms with van der Waals surface area (Å²) in [6, 6.07) is 17.4. The van der Waals surface area contributed by atoms with Crippen molar-refractivity contribution in [2.75, 3.05) is 19.6 Å². The second-order valence-electron chi connectivity index (χ2n) is 9.24. The molecule has 4 rings (SSSR count). The minimum Gasteiger partial charge on any atom is -0.508 e. The number of aromatic hydroxyl groups is 1. The summed E-state index contributed by atoms with van der Waals surface area (Å²) in [4.78, 5) is 0. The van der Waals surface area contributed by atoms with E-state index in [-0.39, 0.29) is 5.41 Å². The van der Waals surface area contributed by atoms with Crippen molar-refractivity contribution in [3.63, 3.8) is 0 Å². The molecule has 0 radical (unpaired) electrons. The van der Waals surface area contributed by atoms with E-state index < -0.39 is 0 Å². The van der Waals surface area contributed by atoms with E-state index in [1.54, 1.807) is 0 Å². The Kier molecular flexibility index (Phi) is 4.80.